The molecule has 42 heavy (non-hydrogen) atoms. The first-order valence-electron chi connectivity index (χ1n) is 14.9. The lowest BCUT2D eigenvalue weighted by atomic mass is 10.0. The Balaban J connectivity index is 1.25. The molecule has 3 aliphatic heterocycles. The zero-order valence-electron chi connectivity index (χ0n) is 24.4. The molecule has 2 aromatic carbocycles. The molecule has 0 saturated carbocycles. The molecule has 0 spiro atoms. The fourth-order valence-corrected chi connectivity index (χ4v) is 6.40. The molecule has 1 atom stereocenters. The van der Waals surface area contributed by atoms with Gasteiger partial charge in [0.15, 0.2) is 0 Å². The minimum Gasteiger partial charge on any atom is -0.508 e. The van der Waals surface area contributed by atoms with E-state index in [1.807, 2.05) is 29.2 Å². The molecule has 222 valence electrons. The van der Waals surface area contributed by atoms with Crippen LogP contribution in [0, 0.1) is 0 Å². The molecule has 0 aliphatic carbocycles. The number of nitrogens with zero attached hydrogens (tertiary/aromatic N) is 6. The number of hydrogen-bond acceptors (Lipinski definition) is 9. The van der Waals surface area contributed by atoms with Crippen LogP contribution < -0.4 is 14.5 Å². The number of piperazine rings is 1. The van der Waals surface area contributed by atoms with Gasteiger partial charge in [-0.25, -0.2) is 0 Å². The Kier molecular flexibility index (Phi) is 8.43. The van der Waals surface area contributed by atoms with Crippen LogP contribution in [-0.2, 0) is 22.5 Å². The summed E-state index contributed by atoms with van der Waals surface area (Å²) in [6, 6.07) is 12.2. The predicted molar refractivity (Wildman–Crippen MR) is 163 cm³/mol. The number of phenols is 1. The van der Waals surface area contributed by atoms with E-state index in [1.165, 1.54) is 6.08 Å². The van der Waals surface area contributed by atoms with Crippen LogP contribution in [0.15, 0.2) is 49.1 Å². The lowest BCUT2D eigenvalue weighted by Crippen LogP contribution is -2.49. The van der Waals surface area contributed by atoms with Crippen LogP contribution in [0.2, 0.25) is 0 Å². The van der Waals surface area contributed by atoms with E-state index in [2.05, 4.69) is 27.3 Å². The largest absolute Gasteiger partial charge is 0.508 e. The van der Waals surface area contributed by atoms with Gasteiger partial charge < -0.3 is 29.3 Å². The SMILES string of the molecule is C=CC(=O)N1CCN(c2nc(OCCN3CCC[C@@H](OC)C3)nc3c2CCN(c2cc(O)cc4ccccc24)C3)CC1. The molecule has 6 rings (SSSR count). The summed E-state index contributed by atoms with van der Waals surface area (Å²) in [4.78, 5) is 30.8. The molecular weight excluding hydrogens is 532 g/mol. The topological polar surface area (TPSA) is 94.5 Å². The lowest BCUT2D eigenvalue weighted by Gasteiger charge is -2.38. The van der Waals surface area contributed by atoms with Gasteiger partial charge in [0.2, 0.25) is 5.91 Å². The number of hydrogen-bond donors (Lipinski definition) is 1. The third-order valence-corrected chi connectivity index (χ3v) is 8.69. The average Bonchev–Trinajstić information content (AvgIpc) is 3.03. The fourth-order valence-electron chi connectivity index (χ4n) is 6.40. The first kappa shape index (κ1) is 28.2. The van der Waals surface area contributed by atoms with E-state index in [4.69, 9.17) is 19.4 Å². The maximum absolute atomic E-state index is 12.2. The molecular formula is C32H40N6O4. The van der Waals surface area contributed by atoms with Gasteiger partial charge in [-0.3, -0.25) is 9.69 Å². The molecule has 2 fully saturated rings. The van der Waals surface area contributed by atoms with Gasteiger partial charge >= 0.3 is 6.01 Å². The molecule has 4 heterocycles. The highest BCUT2D eigenvalue weighted by Gasteiger charge is 2.29. The summed E-state index contributed by atoms with van der Waals surface area (Å²) in [7, 11) is 1.78. The first-order valence-corrected chi connectivity index (χ1v) is 14.9. The van der Waals surface area contributed by atoms with Crippen LogP contribution in [-0.4, -0.2) is 103 Å². The van der Waals surface area contributed by atoms with Crippen molar-refractivity contribution in [1.82, 2.24) is 19.8 Å². The van der Waals surface area contributed by atoms with Gasteiger partial charge in [0, 0.05) is 75.6 Å². The van der Waals surface area contributed by atoms with Crippen molar-refractivity contribution in [1.29, 1.82) is 0 Å². The Morgan fingerprint density at radius 1 is 1.10 bits per heavy atom. The van der Waals surface area contributed by atoms with Gasteiger partial charge in [-0.2, -0.15) is 9.97 Å². The van der Waals surface area contributed by atoms with E-state index in [0.717, 1.165) is 79.0 Å². The third kappa shape index (κ3) is 6.00. The molecule has 10 heteroatoms. The van der Waals surface area contributed by atoms with Crippen molar-refractivity contribution in [3.05, 3.63) is 60.3 Å². The van der Waals surface area contributed by atoms with Gasteiger partial charge in [0.05, 0.1) is 18.3 Å². The van der Waals surface area contributed by atoms with Gasteiger partial charge in [-0.15, -0.1) is 0 Å². The number of carbonyl (C=O) groups excluding carboxylic acids is 1. The van der Waals surface area contributed by atoms with Crippen molar-refractivity contribution in [2.75, 3.05) is 75.9 Å². The molecule has 3 aliphatic rings. The van der Waals surface area contributed by atoms with Crippen molar-refractivity contribution in [2.45, 2.75) is 31.9 Å². The average molecular weight is 573 g/mol. The van der Waals surface area contributed by atoms with E-state index >= 15 is 0 Å². The number of phenolic OH excluding ortho intramolecular Hbond substituents is 1. The van der Waals surface area contributed by atoms with Crippen LogP contribution in [0.1, 0.15) is 24.1 Å². The number of carbonyl (C=O) groups is 1. The number of likely N-dealkylation sites (tertiary alicyclic amines) is 1. The summed E-state index contributed by atoms with van der Waals surface area (Å²) in [6.45, 7) is 10.9. The molecule has 0 unspecified atom stereocenters. The van der Waals surface area contributed by atoms with Crippen molar-refractivity contribution >= 4 is 28.2 Å². The van der Waals surface area contributed by atoms with Crippen LogP contribution in [0.25, 0.3) is 10.8 Å². The highest BCUT2D eigenvalue weighted by atomic mass is 16.5. The number of ether oxygens (including phenoxy) is 2. The van der Waals surface area contributed by atoms with Gasteiger partial charge in [-0.1, -0.05) is 30.8 Å². The number of piperidine rings is 1. The normalized spacial score (nSPS) is 19.5. The number of amides is 1. The second-order valence-corrected chi connectivity index (χ2v) is 11.3. The third-order valence-electron chi connectivity index (χ3n) is 8.69. The van der Waals surface area contributed by atoms with E-state index in [9.17, 15) is 9.90 Å². The second kappa shape index (κ2) is 12.5. The number of benzene rings is 2. The smallest absolute Gasteiger partial charge is 0.318 e. The van der Waals surface area contributed by atoms with Gasteiger partial charge in [0.1, 0.15) is 18.2 Å². The highest BCUT2D eigenvalue weighted by Crippen LogP contribution is 2.36. The maximum Gasteiger partial charge on any atom is 0.318 e. The van der Waals surface area contributed by atoms with Gasteiger partial charge in [-0.05, 0) is 43.3 Å². The van der Waals surface area contributed by atoms with Crippen LogP contribution in [0.5, 0.6) is 11.8 Å². The summed E-state index contributed by atoms with van der Waals surface area (Å²) in [5.41, 5.74) is 3.06. The number of aromatic hydroxyl groups is 1. The van der Waals surface area contributed by atoms with Crippen molar-refractivity contribution in [3.8, 4) is 11.8 Å². The quantitative estimate of drug-likeness (QED) is 0.409. The summed E-state index contributed by atoms with van der Waals surface area (Å²) < 4.78 is 11.8. The van der Waals surface area contributed by atoms with Crippen molar-refractivity contribution < 1.29 is 19.4 Å². The Morgan fingerprint density at radius 3 is 2.74 bits per heavy atom. The summed E-state index contributed by atoms with van der Waals surface area (Å²) in [5, 5.41) is 12.6. The number of aromatic nitrogens is 2. The monoisotopic (exact) mass is 572 g/mol. The summed E-state index contributed by atoms with van der Waals surface area (Å²) in [6.07, 6.45) is 4.65. The molecule has 3 aromatic rings. The van der Waals surface area contributed by atoms with Crippen molar-refractivity contribution in [2.24, 2.45) is 0 Å². The Hall–Kier alpha value is -3.89. The first-order chi connectivity index (χ1) is 20.5. The van der Waals surface area contributed by atoms with E-state index in [-0.39, 0.29) is 17.8 Å². The number of anilines is 2. The number of fused-ring (bicyclic) bond motifs is 2. The van der Waals surface area contributed by atoms with Crippen LogP contribution >= 0.6 is 0 Å². The zero-order valence-corrected chi connectivity index (χ0v) is 24.4. The predicted octanol–water partition coefficient (Wildman–Crippen LogP) is 3.22. The molecule has 0 radical (unpaired) electrons. The van der Waals surface area contributed by atoms with E-state index in [1.54, 1.807) is 13.2 Å². The minimum atomic E-state index is -0.0363. The molecule has 0 bridgehead atoms. The summed E-state index contributed by atoms with van der Waals surface area (Å²) >= 11 is 0. The minimum absolute atomic E-state index is 0.0363. The Bertz CT molecular complexity index is 1440. The van der Waals surface area contributed by atoms with E-state index in [0.29, 0.717) is 45.3 Å². The van der Waals surface area contributed by atoms with E-state index < -0.39 is 0 Å². The maximum atomic E-state index is 12.2. The molecule has 2 saturated heterocycles. The molecule has 1 N–H and O–H groups in total. The van der Waals surface area contributed by atoms with Gasteiger partial charge in [0.25, 0.3) is 0 Å². The van der Waals surface area contributed by atoms with Crippen LogP contribution in [0.4, 0.5) is 11.5 Å². The summed E-state index contributed by atoms with van der Waals surface area (Å²) in [5.74, 6) is 1.12. The van der Waals surface area contributed by atoms with Crippen LogP contribution in [0.3, 0.4) is 0 Å². The molecule has 10 nitrogen and oxygen atoms in total. The molecule has 1 aromatic heterocycles. The second-order valence-electron chi connectivity index (χ2n) is 11.3. The Morgan fingerprint density at radius 2 is 1.93 bits per heavy atom. The van der Waals surface area contributed by atoms with Crippen molar-refractivity contribution in [3.63, 3.8) is 0 Å². The zero-order chi connectivity index (χ0) is 29.1. The molecule has 1 amide bonds. The standard InChI is InChI=1S/C32H40N6O4/c1-3-30(40)36-13-15-37(16-14-36)31-27-10-12-38(29-20-24(39)19-23-7-4-5-9-26(23)29)22-28(27)33-32(34-31)42-18-17-35-11-6-8-25(21-35)41-2/h3-5,7,9,19-20,25,39H,1,6,8,10-18,21-22H2,2H3/t25-/m1/s1. The number of rotatable bonds is 8. The Labute approximate surface area is 247 Å². The lowest BCUT2D eigenvalue weighted by molar-refractivity contribution is -0.126. The fraction of sp³-hybridized carbons (Fsp3) is 0.469. The highest BCUT2D eigenvalue weighted by molar-refractivity contribution is 5.95. The number of methoxy groups -OCH3 is 1.